The van der Waals surface area contributed by atoms with E-state index in [0.29, 0.717) is 0 Å². The van der Waals surface area contributed by atoms with E-state index in [4.69, 9.17) is 0 Å². The maximum atomic E-state index is 2.54. The predicted molar refractivity (Wildman–Crippen MR) is 211 cm³/mol. The van der Waals surface area contributed by atoms with Gasteiger partial charge in [-0.2, -0.15) is 0 Å². The van der Waals surface area contributed by atoms with Crippen LogP contribution in [-0.4, -0.2) is 9.13 Å². The van der Waals surface area contributed by atoms with Crippen LogP contribution >= 0.6 is 0 Å². The fraction of sp³-hybridized carbons (Fsp3) is 0. The zero-order chi connectivity index (χ0) is 33.0. The van der Waals surface area contributed by atoms with Crippen molar-refractivity contribution in [2.75, 3.05) is 0 Å². The summed E-state index contributed by atoms with van der Waals surface area (Å²) in [5, 5.41) is 4.99. The predicted octanol–water partition coefficient (Wildman–Crippen LogP) is 12.9. The molecule has 0 bridgehead atoms. The summed E-state index contributed by atoms with van der Waals surface area (Å²) in [6.45, 7) is 0. The van der Waals surface area contributed by atoms with Gasteiger partial charge in [0, 0.05) is 43.9 Å². The smallest absolute Gasteiger partial charge is 0.0620 e. The highest BCUT2D eigenvalue weighted by Gasteiger charge is 2.23. The highest BCUT2D eigenvalue weighted by atomic mass is 15.0. The van der Waals surface area contributed by atoms with Crippen molar-refractivity contribution in [3.05, 3.63) is 194 Å². The second kappa shape index (κ2) is 11.5. The molecule has 2 heterocycles. The Morgan fingerprint density at radius 2 is 0.740 bits per heavy atom. The Morgan fingerprint density at radius 3 is 1.42 bits per heavy atom. The van der Waals surface area contributed by atoms with E-state index in [0.717, 1.165) is 5.69 Å². The molecule has 0 saturated heterocycles. The molecular weight excluding hydrogens is 605 g/mol. The van der Waals surface area contributed by atoms with E-state index < -0.39 is 0 Å². The average molecular weight is 637 g/mol. The van der Waals surface area contributed by atoms with Crippen molar-refractivity contribution in [1.82, 2.24) is 9.13 Å². The molecule has 0 aliphatic carbocycles. The number of fused-ring (bicyclic) bond motifs is 6. The molecule has 0 radical (unpaired) electrons. The molecule has 0 atom stereocenters. The second-order valence-electron chi connectivity index (χ2n) is 12.9. The first kappa shape index (κ1) is 28.4. The van der Waals surface area contributed by atoms with Gasteiger partial charge in [0.15, 0.2) is 0 Å². The second-order valence-corrected chi connectivity index (χ2v) is 12.9. The minimum atomic E-state index is 1.16. The molecule has 50 heavy (non-hydrogen) atoms. The molecule has 2 aromatic heterocycles. The SMILES string of the molecule is c1ccc(-c2cccc(-c3ccccc3)c2-n2c3ccccc3c3cccc(-c4cccc5c4c4ccccc4n5-c4ccccc4)c32)cc1. The van der Waals surface area contributed by atoms with E-state index >= 15 is 0 Å². The van der Waals surface area contributed by atoms with E-state index in [2.05, 4.69) is 203 Å². The summed E-state index contributed by atoms with van der Waals surface area (Å²) in [5.74, 6) is 0. The van der Waals surface area contributed by atoms with Crippen LogP contribution in [0.1, 0.15) is 0 Å². The van der Waals surface area contributed by atoms with Gasteiger partial charge >= 0.3 is 0 Å². The number of aromatic nitrogens is 2. The van der Waals surface area contributed by atoms with Gasteiger partial charge in [-0.1, -0.05) is 164 Å². The van der Waals surface area contributed by atoms with Gasteiger partial charge in [-0.15, -0.1) is 0 Å². The third-order valence-corrected chi connectivity index (χ3v) is 10.1. The lowest BCUT2D eigenvalue weighted by Gasteiger charge is -2.20. The van der Waals surface area contributed by atoms with Crippen LogP contribution in [-0.2, 0) is 0 Å². The Labute approximate surface area is 290 Å². The van der Waals surface area contributed by atoms with Crippen LogP contribution < -0.4 is 0 Å². The molecular formula is C48H32N2. The minimum Gasteiger partial charge on any atom is -0.309 e. The molecule has 0 aliphatic heterocycles. The highest BCUT2D eigenvalue weighted by Crippen LogP contribution is 2.46. The van der Waals surface area contributed by atoms with Crippen molar-refractivity contribution in [1.29, 1.82) is 0 Å². The molecule has 0 unspecified atom stereocenters. The van der Waals surface area contributed by atoms with E-state index in [9.17, 15) is 0 Å². The van der Waals surface area contributed by atoms with Gasteiger partial charge in [-0.3, -0.25) is 0 Å². The molecule has 0 spiro atoms. The average Bonchev–Trinajstić information content (AvgIpc) is 3.72. The highest BCUT2D eigenvalue weighted by molar-refractivity contribution is 6.21. The topological polar surface area (TPSA) is 9.86 Å². The molecule has 8 aromatic carbocycles. The van der Waals surface area contributed by atoms with Gasteiger partial charge in [0.05, 0.1) is 27.8 Å². The molecule has 0 fully saturated rings. The van der Waals surface area contributed by atoms with Crippen LogP contribution in [0.4, 0.5) is 0 Å². The van der Waals surface area contributed by atoms with Crippen molar-refractivity contribution in [2.45, 2.75) is 0 Å². The summed E-state index contributed by atoms with van der Waals surface area (Å²) in [4.78, 5) is 0. The molecule has 10 rings (SSSR count). The van der Waals surface area contributed by atoms with E-state index in [1.54, 1.807) is 0 Å². The summed E-state index contributed by atoms with van der Waals surface area (Å²) >= 11 is 0. The largest absolute Gasteiger partial charge is 0.309 e. The fourth-order valence-electron chi connectivity index (χ4n) is 8.05. The van der Waals surface area contributed by atoms with Gasteiger partial charge in [0.1, 0.15) is 0 Å². The maximum Gasteiger partial charge on any atom is 0.0620 e. The number of hydrogen-bond donors (Lipinski definition) is 0. The van der Waals surface area contributed by atoms with Gasteiger partial charge in [-0.05, 0) is 47.0 Å². The van der Waals surface area contributed by atoms with Crippen molar-refractivity contribution in [3.8, 4) is 44.8 Å². The molecule has 0 amide bonds. The first-order valence-electron chi connectivity index (χ1n) is 17.2. The maximum absolute atomic E-state index is 2.54. The van der Waals surface area contributed by atoms with Crippen molar-refractivity contribution >= 4 is 43.6 Å². The lowest BCUT2D eigenvalue weighted by Crippen LogP contribution is -2.01. The number of nitrogens with zero attached hydrogens (tertiary/aromatic N) is 2. The molecule has 2 nitrogen and oxygen atoms in total. The number of rotatable bonds is 5. The standard InChI is InChI=1S/C48H32N2/c1-4-17-33(18-5-1)36-25-14-26-37(34-19-6-2-7-20-34)47(36)50-43-30-12-10-23-38(43)40-28-15-29-41(48(40)50)39-27-16-32-45-46(39)42-24-11-13-31-44(42)49(45)35-21-8-3-9-22-35/h1-32H. The Hall–Kier alpha value is -6.64. The van der Waals surface area contributed by atoms with Crippen molar-refractivity contribution in [2.24, 2.45) is 0 Å². The van der Waals surface area contributed by atoms with E-state index in [1.807, 2.05) is 0 Å². The summed E-state index contributed by atoms with van der Waals surface area (Å²) in [7, 11) is 0. The summed E-state index contributed by atoms with van der Waals surface area (Å²) in [6, 6.07) is 70.4. The lowest BCUT2D eigenvalue weighted by atomic mass is 9.94. The fourth-order valence-corrected chi connectivity index (χ4v) is 8.05. The molecule has 2 heteroatoms. The summed E-state index contributed by atoms with van der Waals surface area (Å²) in [6.07, 6.45) is 0. The van der Waals surface area contributed by atoms with Crippen LogP contribution in [0, 0.1) is 0 Å². The molecule has 234 valence electrons. The Bertz CT molecular complexity index is 2780. The normalized spacial score (nSPS) is 11.6. The van der Waals surface area contributed by atoms with Crippen LogP contribution in [0.25, 0.3) is 88.4 Å². The first-order chi connectivity index (χ1) is 24.9. The zero-order valence-corrected chi connectivity index (χ0v) is 27.4. The molecule has 0 N–H and O–H groups in total. The van der Waals surface area contributed by atoms with Crippen LogP contribution in [0.3, 0.4) is 0 Å². The lowest BCUT2D eigenvalue weighted by molar-refractivity contribution is 1.18. The molecule has 0 saturated carbocycles. The third kappa shape index (κ3) is 4.29. The van der Waals surface area contributed by atoms with Gasteiger partial charge in [0.2, 0.25) is 0 Å². The molecule has 0 aliphatic rings. The quantitative estimate of drug-likeness (QED) is 0.178. The number of benzene rings is 8. The Morgan fingerprint density at radius 1 is 0.280 bits per heavy atom. The van der Waals surface area contributed by atoms with E-state index in [-0.39, 0.29) is 0 Å². The van der Waals surface area contributed by atoms with Crippen LogP contribution in [0.15, 0.2) is 194 Å². The monoisotopic (exact) mass is 636 g/mol. The van der Waals surface area contributed by atoms with Crippen LogP contribution in [0.2, 0.25) is 0 Å². The van der Waals surface area contributed by atoms with Crippen molar-refractivity contribution in [3.63, 3.8) is 0 Å². The molecule has 10 aromatic rings. The van der Waals surface area contributed by atoms with Gasteiger partial charge in [0.25, 0.3) is 0 Å². The number of para-hydroxylation sites is 5. The zero-order valence-electron chi connectivity index (χ0n) is 27.4. The summed E-state index contributed by atoms with van der Waals surface area (Å²) in [5.41, 5.74) is 14.4. The van der Waals surface area contributed by atoms with Crippen molar-refractivity contribution < 1.29 is 0 Å². The Balaban J connectivity index is 1.38. The Kier molecular flexibility index (Phi) is 6.53. The van der Waals surface area contributed by atoms with Gasteiger partial charge in [-0.25, -0.2) is 0 Å². The van der Waals surface area contributed by atoms with Crippen LogP contribution in [0.5, 0.6) is 0 Å². The van der Waals surface area contributed by atoms with Gasteiger partial charge < -0.3 is 9.13 Å². The summed E-state index contributed by atoms with van der Waals surface area (Å²) < 4.78 is 4.95. The first-order valence-corrected chi connectivity index (χ1v) is 17.2. The van der Waals surface area contributed by atoms with E-state index in [1.165, 1.54) is 82.7 Å². The third-order valence-electron chi connectivity index (χ3n) is 10.1. The minimum absolute atomic E-state index is 1.16. The number of hydrogen-bond acceptors (Lipinski definition) is 0.